The van der Waals surface area contributed by atoms with E-state index < -0.39 is 60.3 Å². The number of hydrogen-bond donors (Lipinski definition) is 0. The molecule has 3 nitrogen and oxygen atoms in total. The van der Waals surface area contributed by atoms with Crippen LogP contribution >= 0.6 is 22.7 Å². The minimum absolute atomic E-state index is 0.0977. The van der Waals surface area contributed by atoms with Crippen molar-refractivity contribution in [3.05, 3.63) is 65.4 Å². The lowest BCUT2D eigenvalue weighted by atomic mass is 10.1. The lowest BCUT2D eigenvalue weighted by Gasteiger charge is -2.10. The summed E-state index contributed by atoms with van der Waals surface area (Å²) in [5, 5.41) is 1.91. The number of hydrogen-bond acceptors (Lipinski definition) is 5. The first kappa shape index (κ1) is 27.9. The summed E-state index contributed by atoms with van der Waals surface area (Å²) in [4.78, 5) is 1.99. The molecular formula is C17H8F9IO3S3. The van der Waals surface area contributed by atoms with E-state index in [9.17, 15) is 39.5 Å². The Morgan fingerprint density at radius 3 is 1.70 bits per heavy atom. The molecule has 16 heteroatoms. The lowest BCUT2D eigenvalue weighted by Crippen LogP contribution is -3.61. The molecule has 33 heavy (non-hydrogen) atoms. The van der Waals surface area contributed by atoms with Crippen LogP contribution in [-0.2, 0) is 22.5 Å². The van der Waals surface area contributed by atoms with Crippen LogP contribution in [0.25, 0.3) is 9.75 Å². The first-order valence-corrected chi connectivity index (χ1v) is 13.2. The minimum Gasteiger partial charge on any atom is -0.741 e. The molecule has 1 aromatic carbocycles. The fourth-order valence-corrected chi connectivity index (χ4v) is 7.19. The molecule has 0 saturated heterocycles. The van der Waals surface area contributed by atoms with E-state index in [1.807, 2.05) is 23.6 Å². The van der Waals surface area contributed by atoms with E-state index in [2.05, 4.69) is 0 Å². The van der Waals surface area contributed by atoms with Crippen LogP contribution in [0.1, 0.15) is 11.1 Å². The van der Waals surface area contributed by atoms with Crippen molar-refractivity contribution in [1.82, 2.24) is 0 Å². The third-order valence-corrected chi connectivity index (χ3v) is 9.20. The van der Waals surface area contributed by atoms with E-state index in [1.165, 1.54) is 22.7 Å². The minimum atomic E-state index is -6.09. The molecule has 0 N–H and O–H groups in total. The van der Waals surface area contributed by atoms with Crippen molar-refractivity contribution in [3.8, 4) is 9.75 Å². The highest BCUT2D eigenvalue weighted by Crippen LogP contribution is 2.35. The second-order valence-electron chi connectivity index (χ2n) is 5.80. The molecule has 0 aliphatic heterocycles. The van der Waals surface area contributed by atoms with Crippen molar-refractivity contribution in [2.24, 2.45) is 0 Å². The lowest BCUT2D eigenvalue weighted by molar-refractivity contribution is -0.591. The number of thiophene rings is 2. The first-order chi connectivity index (χ1) is 14.9. The third-order valence-electron chi connectivity index (χ3n) is 3.38. The van der Waals surface area contributed by atoms with Crippen LogP contribution < -0.4 is 21.2 Å². The standard InChI is InChI=1S/C16H8F6IS2.CHF3O3S/c17-15(18,19)9-6-10(16(20,21)22)8-11(7-9)23-14-4-3-13(25-14)12-2-1-5-24-12;2-1(3,4)8(5,6)7/h1-8H;(H,5,6,7)/q+1;/p-1. The largest absolute Gasteiger partial charge is 0.741 e. The Kier molecular flexibility index (Phi) is 8.52. The summed E-state index contributed by atoms with van der Waals surface area (Å²) >= 11 is 1.81. The molecule has 0 spiro atoms. The number of benzene rings is 1. The van der Waals surface area contributed by atoms with Gasteiger partial charge in [-0.1, -0.05) is 17.4 Å². The van der Waals surface area contributed by atoms with Crippen LogP contribution in [0.15, 0.2) is 47.8 Å². The summed E-state index contributed by atoms with van der Waals surface area (Å²) in [6.07, 6.45) is -9.62. The summed E-state index contributed by atoms with van der Waals surface area (Å²) in [6.45, 7) is 0. The normalized spacial score (nSPS) is 12.9. The van der Waals surface area contributed by atoms with Gasteiger partial charge in [0, 0.05) is 28.0 Å². The Balaban J connectivity index is 0.000000414. The topological polar surface area (TPSA) is 57.2 Å². The van der Waals surface area contributed by atoms with Gasteiger partial charge < -0.3 is 4.55 Å². The fourth-order valence-electron chi connectivity index (χ4n) is 2.00. The SMILES string of the molecule is FC(F)(F)c1cc([I+]c2ccc(-c3cccs3)s2)cc(C(F)(F)F)c1.O=S(=O)([O-])C(F)(F)F. The van der Waals surface area contributed by atoms with Gasteiger partial charge in [-0.3, -0.25) is 0 Å². The molecule has 0 radical (unpaired) electrons. The number of rotatable bonds is 3. The molecule has 0 saturated carbocycles. The zero-order valence-corrected chi connectivity index (χ0v) is 20.0. The molecule has 0 amide bonds. The van der Waals surface area contributed by atoms with Crippen LogP contribution in [0.5, 0.6) is 0 Å². The van der Waals surface area contributed by atoms with E-state index >= 15 is 0 Å². The highest BCUT2D eigenvalue weighted by atomic mass is 127. The van der Waals surface area contributed by atoms with Gasteiger partial charge in [0.25, 0.3) is 0 Å². The maximum absolute atomic E-state index is 12.9. The first-order valence-electron chi connectivity index (χ1n) is 7.98. The van der Waals surface area contributed by atoms with Crippen molar-refractivity contribution in [1.29, 1.82) is 0 Å². The molecule has 0 bridgehead atoms. The zero-order valence-electron chi connectivity index (χ0n) is 15.3. The smallest absolute Gasteiger partial charge is 0.485 e. The average Bonchev–Trinajstić information content (AvgIpc) is 3.30. The third kappa shape index (κ3) is 8.11. The monoisotopic (exact) mass is 654 g/mol. The highest BCUT2D eigenvalue weighted by molar-refractivity contribution is 7.86. The van der Waals surface area contributed by atoms with Gasteiger partial charge in [-0.25, -0.2) is 8.42 Å². The summed E-state index contributed by atoms with van der Waals surface area (Å²) in [5.74, 6) is 0. The van der Waals surface area contributed by atoms with Crippen molar-refractivity contribution in [2.45, 2.75) is 17.9 Å². The van der Waals surface area contributed by atoms with Crippen molar-refractivity contribution < 1.29 is 73.7 Å². The molecule has 3 rings (SSSR count). The molecule has 0 atom stereocenters. The van der Waals surface area contributed by atoms with E-state index in [0.29, 0.717) is 0 Å². The number of alkyl halides is 9. The van der Waals surface area contributed by atoms with Gasteiger partial charge in [-0.2, -0.15) is 39.5 Å². The molecule has 2 aromatic heterocycles. The summed E-state index contributed by atoms with van der Waals surface area (Å²) in [6, 6.07) is 9.25. The van der Waals surface area contributed by atoms with Crippen LogP contribution in [0, 0.1) is 6.45 Å². The van der Waals surface area contributed by atoms with Gasteiger partial charge in [0.1, 0.15) is 0 Å². The second-order valence-corrected chi connectivity index (χ2v) is 12.9. The van der Waals surface area contributed by atoms with Crippen molar-refractivity contribution >= 4 is 32.8 Å². The summed E-state index contributed by atoms with van der Waals surface area (Å²) in [7, 11) is -6.09. The Morgan fingerprint density at radius 1 is 0.788 bits per heavy atom. The van der Waals surface area contributed by atoms with Crippen molar-refractivity contribution in [2.75, 3.05) is 0 Å². The second kappa shape index (κ2) is 10.1. The van der Waals surface area contributed by atoms with Crippen LogP contribution in [0.2, 0.25) is 0 Å². The molecule has 182 valence electrons. The van der Waals surface area contributed by atoms with Gasteiger partial charge in [0.15, 0.2) is 13.7 Å². The molecule has 3 aromatic rings. The Hall–Kier alpha value is -1.37. The quantitative estimate of drug-likeness (QED) is 0.188. The van der Waals surface area contributed by atoms with Gasteiger partial charge in [0.05, 0.1) is 11.1 Å². The number of halogens is 10. The summed E-state index contributed by atoms with van der Waals surface area (Å²) < 4.78 is 137. The molecular weight excluding hydrogens is 646 g/mol. The summed E-state index contributed by atoms with van der Waals surface area (Å²) in [5.41, 5.74) is -8.16. The Labute approximate surface area is 198 Å². The highest BCUT2D eigenvalue weighted by Gasteiger charge is 2.39. The molecule has 0 aliphatic rings. The van der Waals surface area contributed by atoms with E-state index in [1.54, 1.807) is 6.07 Å². The zero-order chi connectivity index (χ0) is 25.2. The predicted octanol–water partition coefficient (Wildman–Crippen LogP) is 3.69. The average molecular weight is 654 g/mol. The fraction of sp³-hybridized carbons (Fsp3) is 0.176. The van der Waals surface area contributed by atoms with E-state index in [0.717, 1.165) is 24.8 Å². The van der Waals surface area contributed by atoms with Crippen LogP contribution in [-0.4, -0.2) is 18.5 Å². The maximum Gasteiger partial charge on any atom is 0.485 e. The maximum atomic E-state index is 12.9. The van der Waals surface area contributed by atoms with Gasteiger partial charge >= 0.3 is 39.1 Å². The van der Waals surface area contributed by atoms with Gasteiger partial charge in [0.2, 0.25) is 2.88 Å². The van der Waals surface area contributed by atoms with Crippen LogP contribution in [0.4, 0.5) is 39.5 Å². The van der Waals surface area contributed by atoms with E-state index in [-0.39, 0.29) is 9.64 Å². The van der Waals surface area contributed by atoms with Crippen molar-refractivity contribution in [3.63, 3.8) is 0 Å². The van der Waals surface area contributed by atoms with Crippen LogP contribution in [0.3, 0.4) is 0 Å². The predicted molar refractivity (Wildman–Crippen MR) is 97.2 cm³/mol. The molecule has 0 aliphatic carbocycles. The molecule has 0 fully saturated rings. The van der Waals surface area contributed by atoms with Gasteiger partial charge in [-0.05, 0) is 23.6 Å². The molecule has 0 unspecified atom stereocenters. The van der Waals surface area contributed by atoms with Gasteiger partial charge in [-0.15, -0.1) is 11.3 Å². The Bertz CT molecular complexity index is 1150. The molecule has 2 heterocycles. The Morgan fingerprint density at radius 2 is 1.30 bits per heavy atom. The van der Waals surface area contributed by atoms with E-state index in [4.69, 9.17) is 13.0 Å².